The first-order valence-electron chi connectivity index (χ1n) is 12.0. The third-order valence-electron chi connectivity index (χ3n) is 9.92. The molecule has 1 heteroatoms. The molecule has 0 aromatic carbocycles. The summed E-state index contributed by atoms with van der Waals surface area (Å²) in [6.07, 6.45) is 18.0. The van der Waals surface area contributed by atoms with E-state index in [1.807, 2.05) is 0 Å². The number of fused-ring (bicyclic) bond motifs is 5. The Hall–Kier alpha value is -0.590. The number of rotatable bonds is 4. The Kier molecular flexibility index (Phi) is 5.36. The minimum Gasteiger partial charge on any atom is -0.299 e. The summed E-state index contributed by atoms with van der Waals surface area (Å²) < 4.78 is 0. The quantitative estimate of drug-likeness (QED) is 0.473. The minimum absolute atomic E-state index is 0.307. The van der Waals surface area contributed by atoms with Gasteiger partial charge in [0, 0.05) is 12.3 Å². The summed E-state index contributed by atoms with van der Waals surface area (Å²) >= 11 is 0. The van der Waals surface area contributed by atoms with Gasteiger partial charge in [-0.2, -0.15) is 0 Å². The van der Waals surface area contributed by atoms with Crippen LogP contribution in [0.4, 0.5) is 0 Å². The molecule has 0 N–H and O–H groups in total. The molecule has 27 heavy (non-hydrogen) atoms. The summed E-state index contributed by atoms with van der Waals surface area (Å²) in [4.78, 5) is 13.1. The standard InChI is InChI=1S/C26H42O/c1-18(2)8-7-10-24(27)23-14-13-21-20-12-11-19-9-5-6-16-25(19,3)22(20)15-17-26(21,23)4/h8,19-23H,5-7,9-17H2,1-4H3/t19-,20+,21+,22+,23-,25+,26+/m1/s1. The van der Waals surface area contributed by atoms with E-state index in [2.05, 4.69) is 33.8 Å². The molecule has 0 aromatic rings. The van der Waals surface area contributed by atoms with Gasteiger partial charge in [-0.3, -0.25) is 4.79 Å². The Labute approximate surface area is 167 Å². The van der Waals surface area contributed by atoms with Crippen LogP contribution in [0.3, 0.4) is 0 Å². The highest BCUT2D eigenvalue weighted by Crippen LogP contribution is 2.67. The molecular formula is C26H42O. The first kappa shape index (κ1) is 19.7. The van der Waals surface area contributed by atoms with E-state index < -0.39 is 0 Å². The molecule has 0 saturated heterocycles. The number of carbonyl (C=O) groups excluding carboxylic acids is 1. The van der Waals surface area contributed by atoms with Gasteiger partial charge in [-0.05, 0) is 106 Å². The minimum atomic E-state index is 0.307. The summed E-state index contributed by atoms with van der Waals surface area (Å²) in [5.74, 6) is 4.63. The average molecular weight is 371 g/mol. The Bertz CT molecular complexity index is 599. The van der Waals surface area contributed by atoms with Crippen molar-refractivity contribution in [2.75, 3.05) is 0 Å². The van der Waals surface area contributed by atoms with Gasteiger partial charge in [-0.1, -0.05) is 38.3 Å². The molecule has 0 aromatic heterocycles. The van der Waals surface area contributed by atoms with Crippen molar-refractivity contribution in [1.82, 2.24) is 0 Å². The molecule has 0 amide bonds. The molecule has 4 rings (SSSR count). The lowest BCUT2D eigenvalue weighted by atomic mass is 9.45. The van der Waals surface area contributed by atoms with Crippen molar-refractivity contribution >= 4 is 5.78 Å². The number of hydrogen-bond acceptors (Lipinski definition) is 1. The number of carbonyl (C=O) groups is 1. The zero-order valence-electron chi connectivity index (χ0n) is 18.4. The Balaban J connectivity index is 1.49. The maximum Gasteiger partial charge on any atom is 0.136 e. The summed E-state index contributed by atoms with van der Waals surface area (Å²) in [5, 5.41) is 0. The smallest absolute Gasteiger partial charge is 0.136 e. The van der Waals surface area contributed by atoms with Crippen molar-refractivity contribution in [3.8, 4) is 0 Å². The van der Waals surface area contributed by atoms with E-state index in [0.29, 0.717) is 22.5 Å². The van der Waals surface area contributed by atoms with Gasteiger partial charge in [0.25, 0.3) is 0 Å². The molecule has 7 atom stereocenters. The molecule has 4 aliphatic carbocycles. The van der Waals surface area contributed by atoms with Crippen LogP contribution in [-0.2, 0) is 4.79 Å². The second kappa shape index (κ2) is 7.34. The van der Waals surface area contributed by atoms with Crippen LogP contribution in [-0.4, -0.2) is 5.78 Å². The van der Waals surface area contributed by atoms with E-state index >= 15 is 0 Å². The summed E-state index contributed by atoms with van der Waals surface area (Å²) in [6, 6.07) is 0. The molecule has 0 unspecified atom stereocenters. The predicted molar refractivity (Wildman–Crippen MR) is 114 cm³/mol. The summed E-state index contributed by atoms with van der Waals surface area (Å²) in [5.41, 5.74) is 2.27. The van der Waals surface area contributed by atoms with Crippen LogP contribution in [0.25, 0.3) is 0 Å². The van der Waals surface area contributed by atoms with Gasteiger partial charge in [-0.25, -0.2) is 0 Å². The molecule has 1 nitrogen and oxygen atoms in total. The summed E-state index contributed by atoms with van der Waals surface area (Å²) in [7, 11) is 0. The Morgan fingerprint density at radius 2 is 1.67 bits per heavy atom. The number of hydrogen-bond donors (Lipinski definition) is 0. The zero-order valence-corrected chi connectivity index (χ0v) is 18.4. The number of allylic oxidation sites excluding steroid dienone is 2. The second-order valence-corrected chi connectivity index (χ2v) is 11.4. The van der Waals surface area contributed by atoms with Crippen molar-refractivity contribution < 1.29 is 4.79 Å². The van der Waals surface area contributed by atoms with Gasteiger partial charge in [0.15, 0.2) is 0 Å². The highest BCUT2D eigenvalue weighted by atomic mass is 16.1. The van der Waals surface area contributed by atoms with Crippen molar-refractivity contribution in [2.24, 2.45) is 40.4 Å². The third kappa shape index (κ3) is 3.25. The first-order chi connectivity index (χ1) is 12.9. The van der Waals surface area contributed by atoms with Crippen LogP contribution < -0.4 is 0 Å². The predicted octanol–water partition coefficient (Wildman–Crippen LogP) is 7.35. The van der Waals surface area contributed by atoms with Crippen LogP contribution in [0.2, 0.25) is 0 Å². The van der Waals surface area contributed by atoms with Gasteiger partial charge in [0.1, 0.15) is 5.78 Å². The van der Waals surface area contributed by atoms with E-state index in [1.54, 1.807) is 0 Å². The van der Waals surface area contributed by atoms with Gasteiger partial charge in [0.05, 0.1) is 0 Å². The third-order valence-corrected chi connectivity index (χ3v) is 9.92. The van der Waals surface area contributed by atoms with E-state index in [9.17, 15) is 4.79 Å². The van der Waals surface area contributed by atoms with E-state index in [0.717, 1.165) is 36.5 Å². The van der Waals surface area contributed by atoms with Crippen LogP contribution in [0.15, 0.2) is 11.6 Å². The molecule has 4 saturated carbocycles. The SMILES string of the molecule is CC(C)=CCCC(=O)[C@H]1CC[C@H]2[C@@H]3CC[C@H]4CCCC[C@]4(C)[C@H]3CC[C@]12C. The Morgan fingerprint density at radius 1 is 0.889 bits per heavy atom. The van der Waals surface area contributed by atoms with Crippen molar-refractivity contribution in [1.29, 1.82) is 0 Å². The molecule has 0 bridgehead atoms. The topological polar surface area (TPSA) is 17.1 Å². The van der Waals surface area contributed by atoms with Gasteiger partial charge in [0.2, 0.25) is 0 Å². The molecule has 0 heterocycles. The van der Waals surface area contributed by atoms with Gasteiger partial charge in [-0.15, -0.1) is 0 Å². The van der Waals surface area contributed by atoms with Crippen molar-refractivity contribution in [3.05, 3.63) is 11.6 Å². The maximum atomic E-state index is 13.1. The zero-order chi connectivity index (χ0) is 19.2. The molecule has 4 fully saturated rings. The maximum absolute atomic E-state index is 13.1. The highest BCUT2D eigenvalue weighted by Gasteiger charge is 2.60. The molecular weight excluding hydrogens is 328 g/mol. The lowest BCUT2D eigenvalue weighted by Gasteiger charge is -2.60. The molecule has 152 valence electrons. The van der Waals surface area contributed by atoms with Gasteiger partial charge < -0.3 is 0 Å². The van der Waals surface area contributed by atoms with Crippen LogP contribution in [0.1, 0.15) is 105 Å². The average Bonchev–Trinajstić information content (AvgIpc) is 2.98. The van der Waals surface area contributed by atoms with Crippen LogP contribution >= 0.6 is 0 Å². The largest absolute Gasteiger partial charge is 0.299 e. The second-order valence-electron chi connectivity index (χ2n) is 11.4. The van der Waals surface area contributed by atoms with E-state index in [4.69, 9.17) is 0 Å². The normalized spacial score (nSPS) is 46.1. The van der Waals surface area contributed by atoms with Gasteiger partial charge >= 0.3 is 0 Å². The number of Topliss-reactive ketones (excluding diaryl/α,β-unsaturated/α-hetero) is 1. The fourth-order valence-electron chi connectivity index (χ4n) is 8.50. The molecule has 0 aliphatic heterocycles. The van der Waals surface area contributed by atoms with Crippen molar-refractivity contribution in [2.45, 2.75) is 105 Å². The highest BCUT2D eigenvalue weighted by molar-refractivity contribution is 5.82. The lowest BCUT2D eigenvalue weighted by molar-refractivity contribution is -0.135. The fourth-order valence-corrected chi connectivity index (χ4v) is 8.50. The Morgan fingerprint density at radius 3 is 2.44 bits per heavy atom. The number of ketones is 1. The van der Waals surface area contributed by atoms with E-state index in [1.165, 1.54) is 69.8 Å². The van der Waals surface area contributed by atoms with Crippen molar-refractivity contribution in [3.63, 3.8) is 0 Å². The van der Waals surface area contributed by atoms with Crippen LogP contribution in [0.5, 0.6) is 0 Å². The molecule has 0 radical (unpaired) electrons. The fraction of sp³-hybridized carbons (Fsp3) is 0.885. The van der Waals surface area contributed by atoms with Crippen LogP contribution in [0, 0.1) is 40.4 Å². The van der Waals surface area contributed by atoms with E-state index in [-0.39, 0.29) is 0 Å². The first-order valence-corrected chi connectivity index (χ1v) is 12.0. The molecule has 0 spiro atoms. The monoisotopic (exact) mass is 370 g/mol. The lowest BCUT2D eigenvalue weighted by Crippen LogP contribution is -2.53. The molecule has 4 aliphatic rings. The summed E-state index contributed by atoms with van der Waals surface area (Å²) in [6.45, 7) is 9.45.